The number of phosphoric ester groups is 2. The third-order valence-electron chi connectivity index (χ3n) is 16.7. The Bertz CT molecular complexity index is 1960. The predicted molar refractivity (Wildman–Crippen MR) is 376 cm³/mol. The molecule has 3 N–H and O–H groups in total. The fraction of sp³-hybridized carbons (Fsp3) is 0.944. The van der Waals surface area contributed by atoms with Gasteiger partial charge in [-0.1, -0.05) is 233 Å². The molecule has 2 saturated heterocycles. The van der Waals surface area contributed by atoms with Crippen molar-refractivity contribution in [3.05, 3.63) is 0 Å². The maximum absolute atomic E-state index is 12.8. The number of carbonyl (C=O) groups excluding carboxylic acids is 4. The summed E-state index contributed by atoms with van der Waals surface area (Å²) in [6.07, 6.45) is 32.1. The van der Waals surface area contributed by atoms with E-state index in [1.807, 2.05) is 27.9 Å². The molecule has 0 aliphatic carbocycles. The van der Waals surface area contributed by atoms with Gasteiger partial charge in [0.25, 0.3) is 15.6 Å². The van der Waals surface area contributed by atoms with Crippen molar-refractivity contribution in [2.24, 2.45) is 0 Å². The summed E-state index contributed by atoms with van der Waals surface area (Å²) >= 11 is 0. The van der Waals surface area contributed by atoms with Crippen LogP contribution in [0.2, 0.25) is 0 Å². The Hall–Kier alpha value is 0.0700. The summed E-state index contributed by atoms with van der Waals surface area (Å²) in [4.78, 5) is 78.3. The maximum Gasteiger partial charge on any atom is 1.00 e. The molecule has 2 aliphatic heterocycles. The summed E-state index contributed by atoms with van der Waals surface area (Å²) in [6, 6.07) is 0. The van der Waals surface area contributed by atoms with Gasteiger partial charge in [-0.15, -0.1) is 12.4 Å². The fourth-order valence-corrected chi connectivity index (χ4v) is 12.6. The summed E-state index contributed by atoms with van der Waals surface area (Å²) in [5.41, 5.74) is 0. The van der Waals surface area contributed by atoms with Crippen molar-refractivity contribution in [2.45, 2.75) is 360 Å². The van der Waals surface area contributed by atoms with Gasteiger partial charge in [-0.2, -0.15) is 0 Å². The Labute approximate surface area is 653 Å². The van der Waals surface area contributed by atoms with Crippen molar-refractivity contribution in [3.63, 3.8) is 0 Å². The van der Waals surface area contributed by atoms with Crippen molar-refractivity contribution in [3.8, 4) is 0 Å². The van der Waals surface area contributed by atoms with Crippen LogP contribution in [0.25, 0.3) is 0 Å². The SMILES string of the molecule is CCCCCCCCCCCC(=O)OCC(COP(=O)([O-])OCC(O)COP(=O)([O-])OCC(COC(=O)CCCCCCCCCCC)OC(=O)CCCCCCCCCCC)OC(=O)CCCCCCCCCCC.CN(C)CCCOC1C(C(O)CO)OC2OC(C)(C)OC21.Cl.[Na+].[Na+]. The van der Waals surface area contributed by atoms with Gasteiger partial charge in [-0.3, -0.25) is 28.3 Å². The number of halogens is 1. The van der Waals surface area contributed by atoms with E-state index < -0.39 is 128 Å². The first-order valence-corrected chi connectivity index (χ1v) is 40.6. The molecule has 0 aromatic rings. The number of hydrogen-bond donors (Lipinski definition) is 3. The molecule has 2 fully saturated rings. The monoisotopic (exact) mass is 1510 g/mol. The molecule has 0 bridgehead atoms. The summed E-state index contributed by atoms with van der Waals surface area (Å²) < 4.78 is 89.7. The van der Waals surface area contributed by atoms with Gasteiger partial charge in [0.05, 0.1) is 33.0 Å². The minimum absolute atomic E-state index is 0. The molecular weight excluding hydrogens is 1380 g/mol. The summed E-state index contributed by atoms with van der Waals surface area (Å²) in [6.45, 7) is 9.06. The van der Waals surface area contributed by atoms with Crippen molar-refractivity contribution in [1.82, 2.24) is 4.90 Å². The molecule has 9 atom stereocenters. The van der Waals surface area contributed by atoms with Crippen LogP contribution in [-0.2, 0) is 84.3 Å². The van der Waals surface area contributed by atoms with Crippen LogP contribution < -0.4 is 68.9 Å². The van der Waals surface area contributed by atoms with Crippen LogP contribution in [0.15, 0.2) is 0 Å². The Morgan fingerprint density at radius 1 is 0.470 bits per heavy atom. The molecule has 0 aromatic heterocycles. The standard InChI is InChI=1S/C57H110O17P2.C14H27NO6.ClH.2Na/c1-5-9-13-17-21-25-29-33-37-41-54(59)67-47-52(73-56(61)43-39-35-31-27-23-19-15-11-7-3)49-71-75(63,64)69-45-51(58)46-70-76(65,66)72-50-53(74-57(62)44-40-36-32-28-24-20-16-12-8-4)48-68-55(60)42-38-34-30-26-22-18-14-10-6-2;1-14(2)20-12-11(18-7-5-6-15(3)4)10(9(17)8-16)19-13(12)21-14;;;/h51-53,58H,5-50H2,1-4H3,(H,63,64)(H,65,66);9-13,16-17H,5-8H2,1-4H3;1H;;/q;;;2*+1/p-2. The molecule has 2 aliphatic rings. The number of fused-ring (bicyclic) bond motifs is 1. The van der Waals surface area contributed by atoms with Gasteiger partial charge in [0.1, 0.15) is 43.7 Å². The quantitative estimate of drug-likeness (QED) is 0.0171. The van der Waals surface area contributed by atoms with Crippen LogP contribution in [0, 0.1) is 0 Å². The summed E-state index contributed by atoms with van der Waals surface area (Å²) in [5, 5.41) is 29.5. The molecule has 0 radical (unpaired) electrons. The van der Waals surface area contributed by atoms with Crippen LogP contribution in [0.1, 0.15) is 305 Å². The fourth-order valence-electron chi connectivity index (χ4n) is 11.1. The van der Waals surface area contributed by atoms with Gasteiger partial charge in [-0.25, -0.2) is 0 Å². The summed E-state index contributed by atoms with van der Waals surface area (Å²) in [7, 11) is -6.39. The summed E-state index contributed by atoms with van der Waals surface area (Å²) in [5.74, 6) is -2.97. The van der Waals surface area contributed by atoms with Crippen LogP contribution >= 0.6 is 28.1 Å². The minimum atomic E-state index is -5.20. The number of nitrogens with zero attached hydrogens (tertiary/aromatic N) is 1. The first-order valence-electron chi connectivity index (χ1n) is 37.6. The van der Waals surface area contributed by atoms with Crippen LogP contribution in [-0.4, -0.2) is 172 Å². The zero-order valence-electron chi connectivity index (χ0n) is 63.7. The van der Waals surface area contributed by atoms with Gasteiger partial charge in [0.15, 0.2) is 24.3 Å². The van der Waals surface area contributed by atoms with Gasteiger partial charge in [0, 0.05) is 32.3 Å². The van der Waals surface area contributed by atoms with E-state index in [1.54, 1.807) is 0 Å². The number of aliphatic hydroxyl groups is 3. The number of ether oxygens (including phenoxy) is 8. The Balaban J connectivity index is -0.00000330. The van der Waals surface area contributed by atoms with Crippen molar-refractivity contribution < 1.29 is 169 Å². The van der Waals surface area contributed by atoms with E-state index in [1.165, 1.54) is 103 Å². The van der Waals surface area contributed by atoms with Crippen LogP contribution in [0.5, 0.6) is 0 Å². The zero-order chi connectivity index (χ0) is 71.8. The average molecular weight is 1520 g/mol. The second-order valence-corrected chi connectivity index (χ2v) is 29.8. The topological polar surface area (TPSA) is 323 Å². The number of carbonyl (C=O) groups is 4. The predicted octanol–water partition coefficient (Wildman–Crippen LogP) is 7.93. The smallest absolute Gasteiger partial charge is 0.756 e. The van der Waals surface area contributed by atoms with E-state index in [0.717, 1.165) is 116 Å². The molecule has 0 spiro atoms. The molecule has 0 saturated carbocycles. The molecule has 2 rings (SSSR count). The molecule has 9 unspecified atom stereocenters. The Morgan fingerprint density at radius 2 is 0.780 bits per heavy atom. The van der Waals surface area contributed by atoms with E-state index in [2.05, 4.69) is 32.6 Å². The number of aliphatic hydroxyl groups excluding tert-OH is 3. The number of hydrogen-bond acceptors (Lipinski definition) is 24. The van der Waals surface area contributed by atoms with Gasteiger partial charge in [0.2, 0.25) is 0 Å². The molecule has 100 heavy (non-hydrogen) atoms. The van der Waals surface area contributed by atoms with Crippen molar-refractivity contribution in [2.75, 3.05) is 73.5 Å². The second kappa shape index (κ2) is 67.2. The van der Waals surface area contributed by atoms with Gasteiger partial charge >= 0.3 is 83.0 Å². The van der Waals surface area contributed by atoms with E-state index >= 15 is 0 Å². The maximum atomic E-state index is 12.8. The number of esters is 4. The molecule has 0 aromatic carbocycles. The van der Waals surface area contributed by atoms with E-state index in [0.29, 0.717) is 32.3 Å². The third-order valence-corrected chi connectivity index (χ3v) is 18.6. The Kier molecular flexibility index (Phi) is 70.1. The minimum Gasteiger partial charge on any atom is -0.756 e. The molecule has 2 heterocycles. The van der Waals surface area contributed by atoms with E-state index in [4.69, 9.17) is 61.1 Å². The average Bonchev–Trinajstić information content (AvgIpc) is 1.61. The van der Waals surface area contributed by atoms with Crippen molar-refractivity contribution in [1.29, 1.82) is 0 Å². The van der Waals surface area contributed by atoms with E-state index in [9.17, 15) is 48.3 Å². The number of unbranched alkanes of at least 4 members (excludes halogenated alkanes) is 32. The molecule has 582 valence electrons. The van der Waals surface area contributed by atoms with E-state index in [-0.39, 0.29) is 110 Å². The number of phosphoric acid groups is 2. The molecule has 24 nitrogen and oxygen atoms in total. The van der Waals surface area contributed by atoms with Gasteiger partial charge in [-0.05, 0) is 66.6 Å². The zero-order valence-corrected chi connectivity index (χ0v) is 70.3. The number of rotatable bonds is 65. The van der Waals surface area contributed by atoms with Crippen LogP contribution in [0.3, 0.4) is 0 Å². The van der Waals surface area contributed by atoms with Crippen LogP contribution in [0.4, 0.5) is 0 Å². The Morgan fingerprint density at radius 3 is 1.10 bits per heavy atom. The first-order chi connectivity index (χ1) is 46.5. The first kappa shape index (κ1) is 104. The van der Waals surface area contributed by atoms with Crippen molar-refractivity contribution >= 4 is 51.9 Å². The molecular formula is C71H136ClNNa2O23P2. The molecule has 0 amide bonds. The molecule has 29 heteroatoms. The van der Waals surface area contributed by atoms with Gasteiger partial charge < -0.3 is 86.0 Å². The third kappa shape index (κ3) is 59.1. The largest absolute Gasteiger partial charge is 1.00 e. The normalized spacial score (nSPS) is 18.5. The second-order valence-electron chi connectivity index (χ2n) is 26.9.